The normalized spacial score (nSPS) is 10.1. The van der Waals surface area contributed by atoms with E-state index in [1.165, 1.54) is 37.4 Å². The van der Waals surface area contributed by atoms with Crippen LogP contribution in [0, 0.1) is 15.9 Å². The number of halogens is 2. The Labute approximate surface area is 144 Å². The van der Waals surface area contributed by atoms with Crippen LogP contribution < -0.4 is 14.2 Å². The van der Waals surface area contributed by atoms with Gasteiger partial charge in [-0.15, -0.1) is 0 Å². The molecule has 7 nitrogen and oxygen atoms in total. The molecule has 24 heavy (non-hydrogen) atoms. The van der Waals surface area contributed by atoms with Gasteiger partial charge in [-0.25, -0.2) is 9.18 Å². The van der Waals surface area contributed by atoms with Crippen LogP contribution in [0.4, 0.5) is 10.1 Å². The Hall–Kier alpha value is -2.68. The standard InChI is InChI=1S/C15H11BrFNO6/c1-22-10-3-5-14(12(7-10)18(20)21)24-15(19)8-23-13-4-2-9(16)6-11(13)17/h2-7H,8H2,1H3. The molecule has 0 bridgehead atoms. The summed E-state index contributed by atoms with van der Waals surface area (Å²) in [5.41, 5.74) is -0.433. The van der Waals surface area contributed by atoms with Crippen LogP contribution in [0.15, 0.2) is 40.9 Å². The highest BCUT2D eigenvalue weighted by Crippen LogP contribution is 2.31. The van der Waals surface area contributed by atoms with Crippen LogP contribution >= 0.6 is 15.9 Å². The van der Waals surface area contributed by atoms with Crippen molar-refractivity contribution < 1.29 is 28.3 Å². The van der Waals surface area contributed by atoms with Crippen molar-refractivity contribution in [3.8, 4) is 17.2 Å². The zero-order valence-electron chi connectivity index (χ0n) is 12.3. The summed E-state index contributed by atoms with van der Waals surface area (Å²) >= 11 is 3.09. The molecule has 0 amide bonds. The minimum Gasteiger partial charge on any atom is -0.496 e. The Morgan fingerprint density at radius 1 is 1.25 bits per heavy atom. The van der Waals surface area contributed by atoms with Crippen molar-refractivity contribution in [3.05, 3.63) is 56.8 Å². The monoisotopic (exact) mass is 399 g/mol. The van der Waals surface area contributed by atoms with E-state index >= 15 is 0 Å². The van der Waals surface area contributed by atoms with E-state index in [2.05, 4.69) is 15.9 Å². The number of ether oxygens (including phenoxy) is 3. The first-order chi connectivity index (χ1) is 11.4. The van der Waals surface area contributed by atoms with E-state index in [1.54, 1.807) is 0 Å². The topological polar surface area (TPSA) is 87.9 Å². The fourth-order valence-electron chi connectivity index (χ4n) is 1.73. The first kappa shape index (κ1) is 17.7. The summed E-state index contributed by atoms with van der Waals surface area (Å²) in [7, 11) is 1.35. The number of nitro benzene ring substituents is 1. The van der Waals surface area contributed by atoms with Gasteiger partial charge < -0.3 is 14.2 Å². The molecule has 0 heterocycles. The highest BCUT2D eigenvalue weighted by Gasteiger charge is 2.20. The molecule has 2 aromatic carbocycles. The SMILES string of the molecule is COc1ccc(OC(=O)COc2ccc(Br)cc2F)c([N+](=O)[O-])c1. The van der Waals surface area contributed by atoms with Crippen molar-refractivity contribution in [1.29, 1.82) is 0 Å². The lowest BCUT2D eigenvalue weighted by Gasteiger charge is -2.08. The van der Waals surface area contributed by atoms with Crippen LogP contribution in [0.2, 0.25) is 0 Å². The summed E-state index contributed by atoms with van der Waals surface area (Å²) in [6.07, 6.45) is 0. The summed E-state index contributed by atoms with van der Waals surface area (Å²) in [5.74, 6) is -1.72. The van der Waals surface area contributed by atoms with E-state index < -0.39 is 29.0 Å². The van der Waals surface area contributed by atoms with E-state index in [-0.39, 0.29) is 17.2 Å². The molecule has 9 heteroatoms. The van der Waals surface area contributed by atoms with Crippen molar-refractivity contribution in [2.24, 2.45) is 0 Å². The van der Waals surface area contributed by atoms with E-state index in [1.807, 2.05) is 0 Å². The Bertz CT molecular complexity index is 783. The highest BCUT2D eigenvalue weighted by molar-refractivity contribution is 9.10. The maximum Gasteiger partial charge on any atom is 0.349 e. The number of nitro groups is 1. The molecule has 0 aliphatic heterocycles. The van der Waals surface area contributed by atoms with Crippen LogP contribution in [0.3, 0.4) is 0 Å². The van der Waals surface area contributed by atoms with Gasteiger partial charge in [0, 0.05) is 4.47 Å². The fourth-order valence-corrected chi connectivity index (χ4v) is 2.07. The molecule has 0 unspecified atom stereocenters. The van der Waals surface area contributed by atoms with Gasteiger partial charge in [-0.05, 0) is 30.3 Å². The molecular weight excluding hydrogens is 389 g/mol. The average molecular weight is 400 g/mol. The third kappa shape index (κ3) is 4.42. The van der Waals surface area contributed by atoms with Gasteiger partial charge in [0.25, 0.3) is 0 Å². The zero-order chi connectivity index (χ0) is 17.7. The highest BCUT2D eigenvalue weighted by atomic mass is 79.9. The predicted molar refractivity (Wildman–Crippen MR) is 84.9 cm³/mol. The van der Waals surface area contributed by atoms with Gasteiger partial charge in [-0.2, -0.15) is 0 Å². The summed E-state index contributed by atoms with van der Waals surface area (Å²) < 4.78 is 28.9. The predicted octanol–water partition coefficient (Wildman–Crippen LogP) is 3.49. The number of esters is 1. The minimum atomic E-state index is -0.911. The maximum atomic E-state index is 13.6. The van der Waals surface area contributed by atoms with Crippen molar-refractivity contribution in [1.82, 2.24) is 0 Å². The largest absolute Gasteiger partial charge is 0.496 e. The maximum absolute atomic E-state index is 13.6. The van der Waals surface area contributed by atoms with E-state index in [0.29, 0.717) is 4.47 Å². The Balaban J connectivity index is 2.05. The first-order valence-corrected chi connectivity index (χ1v) is 7.31. The lowest BCUT2D eigenvalue weighted by atomic mass is 10.3. The lowest BCUT2D eigenvalue weighted by Crippen LogP contribution is -2.18. The molecule has 0 aliphatic rings. The summed E-state index contributed by atoms with van der Waals surface area (Å²) in [6.45, 7) is -0.609. The molecule has 0 atom stereocenters. The molecular formula is C15H11BrFNO6. The Kier molecular flexibility index (Phi) is 5.69. The minimum absolute atomic E-state index is 0.139. The molecule has 0 saturated carbocycles. The molecule has 0 aromatic heterocycles. The van der Waals surface area contributed by atoms with Crippen LogP contribution in [0.25, 0.3) is 0 Å². The van der Waals surface area contributed by atoms with Gasteiger partial charge in [-0.1, -0.05) is 15.9 Å². The number of nitrogens with zero attached hydrogens (tertiary/aromatic N) is 1. The fraction of sp³-hybridized carbons (Fsp3) is 0.133. The van der Waals surface area contributed by atoms with E-state index in [9.17, 15) is 19.3 Å². The van der Waals surface area contributed by atoms with Crippen molar-refractivity contribution in [3.63, 3.8) is 0 Å². The molecule has 2 aromatic rings. The lowest BCUT2D eigenvalue weighted by molar-refractivity contribution is -0.385. The van der Waals surface area contributed by atoms with Crippen LogP contribution in [-0.2, 0) is 4.79 Å². The second-order valence-corrected chi connectivity index (χ2v) is 5.34. The zero-order valence-corrected chi connectivity index (χ0v) is 13.9. The van der Waals surface area contributed by atoms with Gasteiger partial charge in [-0.3, -0.25) is 10.1 Å². The van der Waals surface area contributed by atoms with Crippen LogP contribution in [0.1, 0.15) is 0 Å². The summed E-state index contributed by atoms with van der Waals surface area (Å²) in [5, 5.41) is 11.0. The number of hydrogen-bond acceptors (Lipinski definition) is 6. The average Bonchev–Trinajstić information content (AvgIpc) is 2.54. The van der Waals surface area contributed by atoms with Crippen molar-refractivity contribution in [2.45, 2.75) is 0 Å². The van der Waals surface area contributed by atoms with Gasteiger partial charge in [0.1, 0.15) is 5.75 Å². The number of methoxy groups -OCH3 is 1. The molecule has 0 spiro atoms. The number of carbonyl (C=O) groups excluding carboxylic acids is 1. The van der Waals surface area contributed by atoms with Gasteiger partial charge >= 0.3 is 11.7 Å². The summed E-state index contributed by atoms with van der Waals surface area (Å²) in [6, 6.07) is 7.81. The van der Waals surface area contributed by atoms with E-state index in [4.69, 9.17) is 14.2 Å². The smallest absolute Gasteiger partial charge is 0.349 e. The van der Waals surface area contributed by atoms with Crippen LogP contribution in [0.5, 0.6) is 17.2 Å². The molecule has 0 aliphatic carbocycles. The second-order valence-electron chi connectivity index (χ2n) is 4.43. The quantitative estimate of drug-likeness (QED) is 0.319. The Morgan fingerprint density at radius 3 is 2.58 bits per heavy atom. The van der Waals surface area contributed by atoms with Crippen LogP contribution in [-0.4, -0.2) is 24.6 Å². The van der Waals surface area contributed by atoms with E-state index in [0.717, 1.165) is 6.07 Å². The van der Waals surface area contributed by atoms with Gasteiger partial charge in [0.15, 0.2) is 18.2 Å². The number of benzene rings is 2. The molecule has 0 radical (unpaired) electrons. The summed E-state index contributed by atoms with van der Waals surface area (Å²) in [4.78, 5) is 22.1. The number of hydrogen-bond donors (Lipinski definition) is 0. The van der Waals surface area contributed by atoms with Crippen molar-refractivity contribution >= 4 is 27.6 Å². The third-order valence-electron chi connectivity index (χ3n) is 2.83. The van der Waals surface area contributed by atoms with Gasteiger partial charge in [0.2, 0.25) is 5.75 Å². The molecule has 0 N–H and O–H groups in total. The number of rotatable bonds is 6. The molecule has 0 fully saturated rings. The number of carbonyl (C=O) groups is 1. The second kappa shape index (κ2) is 7.73. The first-order valence-electron chi connectivity index (χ1n) is 6.51. The van der Waals surface area contributed by atoms with Gasteiger partial charge in [0.05, 0.1) is 18.1 Å². The Morgan fingerprint density at radius 2 is 1.96 bits per heavy atom. The molecule has 0 saturated heterocycles. The molecule has 126 valence electrons. The third-order valence-corrected chi connectivity index (χ3v) is 3.32. The van der Waals surface area contributed by atoms with Crippen molar-refractivity contribution in [2.75, 3.05) is 13.7 Å². The molecule has 2 rings (SSSR count).